The quantitative estimate of drug-likeness (QED) is 0.451. The third-order valence-corrected chi connectivity index (χ3v) is 6.26. The highest BCUT2D eigenvalue weighted by Crippen LogP contribution is 2.33. The van der Waals surface area contributed by atoms with Crippen LogP contribution >= 0.6 is 23.1 Å². The van der Waals surface area contributed by atoms with E-state index in [4.69, 9.17) is 0 Å². The van der Waals surface area contributed by atoms with Crippen LogP contribution in [0, 0.1) is 11.6 Å². The molecular formula is C21H23F2N3OS2. The van der Waals surface area contributed by atoms with E-state index in [-0.39, 0.29) is 11.4 Å². The average molecular weight is 436 g/mol. The topological polar surface area (TPSA) is 36.4 Å². The van der Waals surface area contributed by atoms with Gasteiger partial charge in [0.25, 0.3) is 5.91 Å². The number of nitrogens with zero attached hydrogens (tertiary/aromatic N) is 3. The van der Waals surface area contributed by atoms with Gasteiger partial charge in [-0.25, -0.2) is 13.8 Å². The second-order valence-corrected chi connectivity index (χ2v) is 9.09. The van der Waals surface area contributed by atoms with E-state index in [2.05, 4.69) is 4.98 Å². The highest BCUT2D eigenvalue weighted by atomic mass is 32.2. The summed E-state index contributed by atoms with van der Waals surface area (Å²) < 4.78 is 28.2. The van der Waals surface area contributed by atoms with Gasteiger partial charge in [-0.1, -0.05) is 30.4 Å². The van der Waals surface area contributed by atoms with Gasteiger partial charge in [0.05, 0.1) is 10.3 Å². The van der Waals surface area contributed by atoms with E-state index in [9.17, 15) is 13.6 Å². The zero-order valence-corrected chi connectivity index (χ0v) is 18.2. The smallest absolute Gasteiger partial charge is 0.261 e. The fraction of sp³-hybridized carbons (Fsp3) is 0.333. The fourth-order valence-electron chi connectivity index (χ4n) is 2.96. The van der Waals surface area contributed by atoms with Crippen LogP contribution in [0.4, 0.5) is 13.9 Å². The summed E-state index contributed by atoms with van der Waals surface area (Å²) in [5.74, 6) is -0.706. The Labute approximate surface area is 177 Å². The van der Waals surface area contributed by atoms with Crippen molar-refractivity contribution in [2.75, 3.05) is 37.8 Å². The molecule has 0 bridgehead atoms. The van der Waals surface area contributed by atoms with Crippen molar-refractivity contribution >= 4 is 44.4 Å². The number of rotatable bonds is 8. The van der Waals surface area contributed by atoms with Crippen molar-refractivity contribution < 1.29 is 13.6 Å². The van der Waals surface area contributed by atoms with E-state index < -0.39 is 11.6 Å². The molecule has 3 aromatic rings. The minimum absolute atomic E-state index is 0.0908. The Morgan fingerprint density at radius 3 is 2.66 bits per heavy atom. The Morgan fingerprint density at radius 2 is 1.93 bits per heavy atom. The molecule has 1 amide bonds. The molecule has 154 valence electrons. The van der Waals surface area contributed by atoms with Crippen LogP contribution in [0.5, 0.6) is 0 Å². The number of hydrogen-bond donors (Lipinski definition) is 0. The number of fused-ring (bicyclic) bond motifs is 1. The highest BCUT2D eigenvalue weighted by Gasteiger charge is 2.24. The number of hydrogen-bond acceptors (Lipinski definition) is 5. The Kier molecular flexibility index (Phi) is 7.21. The number of benzene rings is 2. The number of anilines is 1. The number of thioether (sulfide) groups is 1. The molecule has 29 heavy (non-hydrogen) atoms. The number of aromatic nitrogens is 1. The second-order valence-electron chi connectivity index (χ2n) is 6.77. The van der Waals surface area contributed by atoms with Crippen molar-refractivity contribution in [1.82, 2.24) is 9.88 Å². The van der Waals surface area contributed by atoms with Gasteiger partial charge >= 0.3 is 0 Å². The number of amides is 1. The van der Waals surface area contributed by atoms with Gasteiger partial charge in [0.1, 0.15) is 11.3 Å². The predicted molar refractivity (Wildman–Crippen MR) is 117 cm³/mol. The van der Waals surface area contributed by atoms with Gasteiger partial charge < -0.3 is 4.90 Å². The molecule has 0 radical (unpaired) electrons. The number of carbonyl (C=O) groups is 1. The van der Waals surface area contributed by atoms with Crippen LogP contribution < -0.4 is 4.90 Å². The summed E-state index contributed by atoms with van der Waals surface area (Å²) in [5, 5.41) is 0.379. The van der Waals surface area contributed by atoms with E-state index >= 15 is 0 Å². The van der Waals surface area contributed by atoms with Crippen LogP contribution in [0.3, 0.4) is 0 Å². The molecule has 1 aromatic heterocycles. The molecule has 0 spiro atoms. The van der Waals surface area contributed by atoms with Crippen molar-refractivity contribution in [2.45, 2.75) is 18.2 Å². The average Bonchev–Trinajstić information content (AvgIpc) is 3.09. The van der Waals surface area contributed by atoms with Crippen LogP contribution in [0.2, 0.25) is 0 Å². The summed E-state index contributed by atoms with van der Waals surface area (Å²) in [5.41, 5.74) is 0.683. The summed E-state index contributed by atoms with van der Waals surface area (Å²) in [6.07, 6.45) is 0.731. The maximum absolute atomic E-state index is 14.2. The summed E-state index contributed by atoms with van der Waals surface area (Å²) in [4.78, 5) is 22.3. The van der Waals surface area contributed by atoms with E-state index in [1.54, 1.807) is 22.7 Å². The molecule has 3 rings (SSSR count). The summed E-state index contributed by atoms with van der Waals surface area (Å²) in [6.45, 7) is 3.26. The third-order valence-electron chi connectivity index (χ3n) is 4.28. The molecule has 0 unspecified atom stereocenters. The van der Waals surface area contributed by atoms with E-state index in [1.165, 1.54) is 6.07 Å². The first-order chi connectivity index (χ1) is 13.9. The lowest BCUT2D eigenvalue weighted by Crippen LogP contribution is -2.33. The summed E-state index contributed by atoms with van der Waals surface area (Å²) in [6, 6.07) is 9.53. The standard InChI is InChI=1S/C21H23F2N3OS2/c1-4-28-17-9-6-5-8-15(17)20(27)26(11-7-10-25(2)3)21-24-19-16(23)12-14(22)13-18(19)29-21/h5-6,8-9,12-13H,4,7,10-11H2,1-3H3. The van der Waals surface area contributed by atoms with E-state index in [0.29, 0.717) is 21.9 Å². The van der Waals surface area contributed by atoms with Gasteiger partial charge in [-0.05, 0) is 51.0 Å². The highest BCUT2D eigenvalue weighted by molar-refractivity contribution is 7.99. The van der Waals surface area contributed by atoms with Crippen LogP contribution in [-0.4, -0.2) is 48.7 Å². The molecular weight excluding hydrogens is 412 g/mol. The zero-order chi connectivity index (χ0) is 21.0. The SMILES string of the molecule is CCSc1ccccc1C(=O)N(CCCN(C)C)c1nc2c(F)cc(F)cc2s1. The molecule has 0 saturated carbocycles. The first kappa shape index (κ1) is 21.7. The third kappa shape index (κ3) is 5.12. The lowest BCUT2D eigenvalue weighted by molar-refractivity contribution is 0.0983. The Hall–Kier alpha value is -2.03. The molecule has 4 nitrogen and oxygen atoms in total. The summed E-state index contributed by atoms with van der Waals surface area (Å²) >= 11 is 2.73. The van der Waals surface area contributed by atoms with Crippen LogP contribution in [0.15, 0.2) is 41.3 Å². The predicted octanol–water partition coefficient (Wildman–Crippen LogP) is 5.29. The fourth-order valence-corrected chi connectivity index (χ4v) is 4.79. The van der Waals surface area contributed by atoms with E-state index in [1.807, 2.05) is 44.1 Å². The minimum atomic E-state index is -0.717. The molecule has 0 saturated heterocycles. The number of thiazole rings is 1. The van der Waals surface area contributed by atoms with Crippen molar-refractivity contribution in [2.24, 2.45) is 0 Å². The van der Waals surface area contributed by atoms with Gasteiger partial charge in [0, 0.05) is 17.5 Å². The molecule has 0 aliphatic carbocycles. The lowest BCUT2D eigenvalue weighted by atomic mass is 10.2. The van der Waals surface area contributed by atoms with Crippen molar-refractivity contribution in [3.8, 4) is 0 Å². The Morgan fingerprint density at radius 1 is 1.17 bits per heavy atom. The summed E-state index contributed by atoms with van der Waals surface area (Å²) in [7, 11) is 3.93. The molecule has 8 heteroatoms. The molecule has 0 atom stereocenters. The van der Waals surface area contributed by atoms with Gasteiger partial charge in [0.15, 0.2) is 10.9 Å². The van der Waals surface area contributed by atoms with Gasteiger partial charge in [-0.15, -0.1) is 11.8 Å². The van der Waals surface area contributed by atoms with Gasteiger partial charge in [-0.3, -0.25) is 9.69 Å². The van der Waals surface area contributed by atoms with E-state index in [0.717, 1.165) is 41.0 Å². The lowest BCUT2D eigenvalue weighted by Gasteiger charge is -2.22. The first-order valence-corrected chi connectivity index (χ1v) is 11.1. The van der Waals surface area contributed by atoms with Crippen LogP contribution in [0.25, 0.3) is 10.2 Å². The molecule has 1 heterocycles. The molecule has 2 aromatic carbocycles. The van der Waals surface area contributed by atoms with Gasteiger partial charge in [-0.2, -0.15) is 0 Å². The molecule has 0 N–H and O–H groups in total. The number of carbonyl (C=O) groups excluding carboxylic acids is 1. The molecule has 0 aliphatic rings. The second kappa shape index (κ2) is 9.65. The van der Waals surface area contributed by atoms with Crippen LogP contribution in [-0.2, 0) is 0 Å². The van der Waals surface area contributed by atoms with Crippen molar-refractivity contribution in [1.29, 1.82) is 0 Å². The molecule has 0 aliphatic heterocycles. The zero-order valence-electron chi connectivity index (χ0n) is 16.6. The molecule has 0 fully saturated rings. The maximum Gasteiger partial charge on any atom is 0.261 e. The van der Waals surface area contributed by atoms with Gasteiger partial charge in [0.2, 0.25) is 0 Å². The first-order valence-electron chi connectivity index (χ1n) is 9.34. The normalized spacial score (nSPS) is 11.4. The number of halogens is 2. The maximum atomic E-state index is 14.2. The Bertz CT molecular complexity index is 1010. The van der Waals surface area contributed by atoms with Crippen molar-refractivity contribution in [3.63, 3.8) is 0 Å². The van der Waals surface area contributed by atoms with Crippen LogP contribution in [0.1, 0.15) is 23.7 Å². The van der Waals surface area contributed by atoms with Crippen molar-refractivity contribution in [3.05, 3.63) is 53.6 Å². The monoisotopic (exact) mass is 435 g/mol. The Balaban J connectivity index is 2.01. The minimum Gasteiger partial charge on any atom is -0.309 e. The largest absolute Gasteiger partial charge is 0.309 e.